The van der Waals surface area contributed by atoms with Crippen LogP contribution < -0.4 is 0 Å². The molecule has 0 unspecified atom stereocenters. The van der Waals surface area contributed by atoms with Crippen LogP contribution in [-0.2, 0) is 0 Å². The number of ketones is 1. The highest BCUT2D eigenvalue weighted by Gasteiger charge is 2.09. The van der Waals surface area contributed by atoms with Gasteiger partial charge in [-0.15, -0.1) is 0 Å². The van der Waals surface area contributed by atoms with E-state index < -0.39 is 0 Å². The summed E-state index contributed by atoms with van der Waals surface area (Å²) in [6.07, 6.45) is 1.70. The van der Waals surface area contributed by atoms with Crippen molar-refractivity contribution in [1.29, 1.82) is 0 Å². The third kappa shape index (κ3) is 2.11. The average Bonchev–Trinajstić information content (AvgIpc) is 1.85. The number of Topliss-reactive ketones (excluding diaryl/α,β-unsaturated/α-hetero) is 1. The fourth-order valence-electron chi connectivity index (χ4n) is 0.728. The van der Waals surface area contributed by atoms with Crippen LogP contribution in [0, 0.1) is 7.27 Å². The quantitative estimate of drug-likeness (QED) is 0.430. The molecule has 0 aliphatic carbocycles. The van der Waals surface area contributed by atoms with E-state index in [1.807, 2.05) is 6.07 Å². The van der Waals surface area contributed by atoms with Crippen LogP contribution in [0.1, 0.15) is 17.3 Å². The van der Waals surface area contributed by atoms with Gasteiger partial charge in [0.15, 0.2) is 5.78 Å². The van der Waals surface area contributed by atoms with Crippen molar-refractivity contribution >= 4 is 51.0 Å². The molecular weight excluding hydrogens is 368 g/mol. The van der Waals surface area contributed by atoms with Crippen molar-refractivity contribution in [2.45, 2.75) is 6.92 Å². The lowest BCUT2D eigenvalue weighted by molar-refractivity contribution is 0.101. The van der Waals surface area contributed by atoms with Crippen LogP contribution in [0.15, 0.2) is 12.3 Å². The molecule has 0 fully saturated rings. The molecule has 4 heteroatoms. The van der Waals surface area contributed by atoms with Crippen LogP contribution in [0.25, 0.3) is 0 Å². The van der Waals surface area contributed by atoms with E-state index in [9.17, 15) is 4.79 Å². The molecule has 0 saturated heterocycles. The minimum atomic E-state index is 0.0758. The molecule has 0 aromatic carbocycles. The zero-order valence-corrected chi connectivity index (χ0v) is 10.1. The van der Waals surface area contributed by atoms with Crippen molar-refractivity contribution in [3.8, 4) is 0 Å². The van der Waals surface area contributed by atoms with Gasteiger partial charge in [-0.2, -0.15) is 0 Å². The van der Waals surface area contributed by atoms with Crippen molar-refractivity contribution in [1.82, 2.24) is 4.98 Å². The molecule has 2 nitrogen and oxygen atoms in total. The van der Waals surface area contributed by atoms with Crippen LogP contribution >= 0.6 is 45.2 Å². The van der Waals surface area contributed by atoms with Crippen molar-refractivity contribution < 1.29 is 4.79 Å². The fourth-order valence-corrected chi connectivity index (χ4v) is 2.87. The zero-order chi connectivity index (χ0) is 8.43. The molecule has 0 aliphatic heterocycles. The molecule has 0 spiro atoms. The molecule has 0 N–H and O–H groups in total. The van der Waals surface area contributed by atoms with E-state index in [1.54, 1.807) is 13.1 Å². The van der Waals surface area contributed by atoms with Crippen LogP contribution in [0.4, 0.5) is 0 Å². The second kappa shape index (κ2) is 3.79. The minimum absolute atomic E-state index is 0.0758. The minimum Gasteiger partial charge on any atom is -0.294 e. The predicted molar refractivity (Wildman–Crippen MR) is 59.7 cm³/mol. The van der Waals surface area contributed by atoms with Gasteiger partial charge in [0.1, 0.15) is 3.70 Å². The molecule has 58 valence electrons. The lowest BCUT2D eigenvalue weighted by Crippen LogP contribution is -2.01. The normalized spacial score (nSPS) is 9.73. The third-order valence-electron chi connectivity index (χ3n) is 1.21. The number of rotatable bonds is 1. The van der Waals surface area contributed by atoms with Gasteiger partial charge >= 0.3 is 0 Å². The Kier molecular flexibility index (Phi) is 3.23. The standard InChI is InChI=1S/C7H5I2NO/c1-4(11)6-5(8)2-3-10-7(6)9/h2-3H,1H3. The van der Waals surface area contributed by atoms with Crippen LogP contribution in [0.5, 0.6) is 0 Å². The Labute approximate surface area is 92.1 Å². The van der Waals surface area contributed by atoms with Gasteiger partial charge in [0.25, 0.3) is 0 Å². The Morgan fingerprint density at radius 1 is 1.55 bits per heavy atom. The summed E-state index contributed by atoms with van der Waals surface area (Å²) in [4.78, 5) is 15.1. The second-order valence-corrected chi connectivity index (χ2v) is 4.20. The Bertz CT molecular complexity index is 278. The summed E-state index contributed by atoms with van der Waals surface area (Å²) >= 11 is 4.20. The van der Waals surface area contributed by atoms with E-state index in [0.717, 1.165) is 12.8 Å². The van der Waals surface area contributed by atoms with Crippen LogP contribution in [0.3, 0.4) is 0 Å². The van der Waals surface area contributed by atoms with Gasteiger partial charge < -0.3 is 0 Å². The fraction of sp³-hybridized carbons (Fsp3) is 0.143. The monoisotopic (exact) mass is 373 g/mol. The maximum atomic E-state index is 11.0. The summed E-state index contributed by atoms with van der Waals surface area (Å²) in [6.45, 7) is 1.56. The maximum absolute atomic E-state index is 11.0. The first-order chi connectivity index (χ1) is 5.13. The molecular formula is C7H5I2NO. The molecule has 1 heterocycles. The van der Waals surface area contributed by atoms with E-state index in [4.69, 9.17) is 0 Å². The van der Waals surface area contributed by atoms with Crippen molar-refractivity contribution in [3.05, 3.63) is 25.1 Å². The van der Waals surface area contributed by atoms with E-state index in [2.05, 4.69) is 50.2 Å². The molecule has 11 heavy (non-hydrogen) atoms. The molecule has 0 saturated carbocycles. The van der Waals surface area contributed by atoms with Crippen LogP contribution in [-0.4, -0.2) is 10.8 Å². The number of hydrogen-bond acceptors (Lipinski definition) is 2. The lowest BCUT2D eigenvalue weighted by atomic mass is 10.2. The van der Waals surface area contributed by atoms with Gasteiger partial charge in [-0.3, -0.25) is 4.79 Å². The number of pyridine rings is 1. The van der Waals surface area contributed by atoms with Gasteiger partial charge in [-0.25, -0.2) is 4.98 Å². The Balaban J connectivity index is 3.32. The summed E-state index contributed by atoms with van der Waals surface area (Å²) < 4.78 is 1.75. The second-order valence-electron chi connectivity index (χ2n) is 2.01. The van der Waals surface area contributed by atoms with Gasteiger partial charge in [-0.05, 0) is 58.2 Å². The average molecular weight is 373 g/mol. The number of carbonyl (C=O) groups is 1. The van der Waals surface area contributed by atoms with E-state index in [0.29, 0.717) is 0 Å². The maximum Gasteiger partial charge on any atom is 0.163 e. The molecule has 0 atom stereocenters. The Morgan fingerprint density at radius 3 is 2.55 bits per heavy atom. The van der Waals surface area contributed by atoms with Gasteiger partial charge in [0.2, 0.25) is 0 Å². The van der Waals surface area contributed by atoms with E-state index in [1.165, 1.54) is 0 Å². The lowest BCUT2D eigenvalue weighted by Gasteiger charge is -2.00. The van der Waals surface area contributed by atoms with E-state index >= 15 is 0 Å². The smallest absolute Gasteiger partial charge is 0.163 e. The van der Waals surface area contributed by atoms with Crippen LogP contribution in [0.2, 0.25) is 0 Å². The molecule has 1 aromatic rings. The first-order valence-corrected chi connectivity index (χ1v) is 5.09. The van der Waals surface area contributed by atoms with Gasteiger partial charge in [-0.1, -0.05) is 0 Å². The zero-order valence-electron chi connectivity index (χ0n) is 5.77. The summed E-state index contributed by atoms with van der Waals surface area (Å²) in [5.74, 6) is 0.0758. The topological polar surface area (TPSA) is 30.0 Å². The number of carbonyl (C=O) groups excluding carboxylic acids is 1. The summed E-state index contributed by atoms with van der Waals surface area (Å²) in [6, 6.07) is 1.83. The third-order valence-corrected chi connectivity index (χ3v) is 2.92. The van der Waals surface area contributed by atoms with Gasteiger partial charge in [0, 0.05) is 9.77 Å². The molecule has 0 bridgehead atoms. The Morgan fingerprint density at radius 2 is 2.18 bits per heavy atom. The molecule has 1 rings (SSSR count). The molecule has 0 radical (unpaired) electrons. The molecule has 0 amide bonds. The summed E-state index contributed by atoms with van der Waals surface area (Å²) in [5, 5.41) is 0. The Hall–Kier alpha value is 0.280. The first-order valence-electron chi connectivity index (χ1n) is 2.94. The number of nitrogens with zero attached hydrogens (tertiary/aromatic N) is 1. The number of halogens is 2. The summed E-state index contributed by atoms with van der Waals surface area (Å²) in [7, 11) is 0. The molecule has 1 aromatic heterocycles. The van der Waals surface area contributed by atoms with Crippen molar-refractivity contribution in [3.63, 3.8) is 0 Å². The van der Waals surface area contributed by atoms with E-state index in [-0.39, 0.29) is 5.78 Å². The van der Waals surface area contributed by atoms with Crippen molar-refractivity contribution in [2.75, 3.05) is 0 Å². The van der Waals surface area contributed by atoms with Gasteiger partial charge in [0.05, 0.1) is 5.56 Å². The highest BCUT2D eigenvalue weighted by atomic mass is 127. The predicted octanol–water partition coefficient (Wildman–Crippen LogP) is 2.49. The highest BCUT2D eigenvalue weighted by molar-refractivity contribution is 14.1. The number of aromatic nitrogens is 1. The highest BCUT2D eigenvalue weighted by Crippen LogP contribution is 2.16. The SMILES string of the molecule is CC(=O)c1c(I)ccnc1I. The summed E-state index contributed by atoms with van der Waals surface area (Å²) in [5.41, 5.74) is 0.730. The molecule has 0 aliphatic rings. The first kappa shape index (κ1) is 9.37. The van der Waals surface area contributed by atoms with Crippen molar-refractivity contribution in [2.24, 2.45) is 0 Å². The largest absolute Gasteiger partial charge is 0.294 e. The number of hydrogen-bond donors (Lipinski definition) is 0.